The van der Waals surface area contributed by atoms with Gasteiger partial charge in [0.1, 0.15) is 5.82 Å². The second-order valence-electron chi connectivity index (χ2n) is 4.61. The van der Waals surface area contributed by atoms with Crippen LogP contribution in [0.1, 0.15) is 29.6 Å². The molecule has 1 saturated carbocycles. The first kappa shape index (κ1) is 14.0. The summed E-state index contributed by atoms with van der Waals surface area (Å²) in [6.45, 7) is 0. The van der Waals surface area contributed by atoms with E-state index in [0.29, 0.717) is 17.3 Å². The molecule has 19 heavy (non-hydrogen) atoms. The van der Waals surface area contributed by atoms with E-state index < -0.39 is 23.6 Å². The van der Waals surface area contributed by atoms with E-state index in [1.165, 1.54) is 12.1 Å². The third-order valence-corrected chi connectivity index (χ3v) is 3.73. The predicted molar refractivity (Wildman–Crippen MR) is 70.3 cm³/mol. The molecule has 0 bridgehead atoms. The van der Waals surface area contributed by atoms with E-state index >= 15 is 0 Å². The van der Waals surface area contributed by atoms with Crippen LogP contribution in [-0.4, -0.2) is 23.0 Å². The Morgan fingerprint density at radius 1 is 1.32 bits per heavy atom. The molecule has 6 heteroatoms. The number of carbonyl (C=O) groups is 2. The van der Waals surface area contributed by atoms with E-state index in [1.54, 1.807) is 0 Å². The molecule has 0 spiro atoms. The van der Waals surface area contributed by atoms with Gasteiger partial charge in [-0.1, -0.05) is 22.4 Å². The topological polar surface area (TPSA) is 66.4 Å². The average molecular weight is 330 g/mol. The van der Waals surface area contributed by atoms with Gasteiger partial charge in [-0.15, -0.1) is 0 Å². The van der Waals surface area contributed by atoms with Crippen molar-refractivity contribution in [3.63, 3.8) is 0 Å². The Morgan fingerprint density at radius 3 is 2.68 bits per heavy atom. The number of carboxylic acid groups (broad SMARTS) is 1. The molecule has 1 aromatic carbocycles. The highest BCUT2D eigenvalue weighted by molar-refractivity contribution is 9.10. The lowest BCUT2D eigenvalue weighted by Crippen LogP contribution is -2.40. The van der Waals surface area contributed by atoms with Crippen molar-refractivity contribution in [3.8, 4) is 0 Å². The number of nitrogens with one attached hydrogen (secondary N) is 1. The van der Waals surface area contributed by atoms with Gasteiger partial charge in [-0.05, 0) is 31.0 Å². The minimum absolute atomic E-state index is 0.183. The van der Waals surface area contributed by atoms with Crippen LogP contribution in [0.4, 0.5) is 4.39 Å². The molecule has 2 rings (SSSR count). The van der Waals surface area contributed by atoms with Crippen LogP contribution in [0.15, 0.2) is 22.7 Å². The van der Waals surface area contributed by atoms with Crippen molar-refractivity contribution in [1.82, 2.24) is 5.32 Å². The van der Waals surface area contributed by atoms with Gasteiger partial charge < -0.3 is 10.4 Å². The Bertz CT molecular complexity index is 500. The molecule has 2 N–H and O–H groups in total. The van der Waals surface area contributed by atoms with Gasteiger partial charge in [-0.3, -0.25) is 9.59 Å². The smallest absolute Gasteiger partial charge is 0.308 e. The molecule has 0 aliphatic heterocycles. The van der Waals surface area contributed by atoms with E-state index in [-0.39, 0.29) is 11.6 Å². The zero-order valence-corrected chi connectivity index (χ0v) is 11.6. The van der Waals surface area contributed by atoms with Gasteiger partial charge in [0, 0.05) is 16.1 Å². The number of carbonyl (C=O) groups excluding carboxylic acids is 1. The van der Waals surface area contributed by atoms with Crippen LogP contribution in [0, 0.1) is 11.7 Å². The van der Waals surface area contributed by atoms with E-state index in [2.05, 4.69) is 21.2 Å². The third-order valence-electron chi connectivity index (χ3n) is 3.27. The van der Waals surface area contributed by atoms with Crippen LogP contribution in [0.2, 0.25) is 0 Å². The number of carboxylic acids is 1. The molecule has 102 valence electrons. The zero-order valence-electron chi connectivity index (χ0n) is 10.0. The summed E-state index contributed by atoms with van der Waals surface area (Å²) >= 11 is 3.11. The monoisotopic (exact) mass is 329 g/mol. The summed E-state index contributed by atoms with van der Waals surface area (Å²) in [6.07, 6.45) is 1.97. The van der Waals surface area contributed by atoms with Crippen molar-refractivity contribution in [2.24, 2.45) is 5.92 Å². The first-order chi connectivity index (χ1) is 8.97. The van der Waals surface area contributed by atoms with Gasteiger partial charge in [0.2, 0.25) is 0 Å². The molecule has 1 fully saturated rings. The molecule has 4 nitrogen and oxygen atoms in total. The Hall–Kier alpha value is -1.43. The Morgan fingerprint density at radius 2 is 2.05 bits per heavy atom. The highest BCUT2D eigenvalue weighted by atomic mass is 79.9. The minimum Gasteiger partial charge on any atom is -0.481 e. The SMILES string of the molecule is O=C(NC1CCCC1C(=O)O)c1cc(F)cc(Br)c1. The van der Waals surface area contributed by atoms with Crippen molar-refractivity contribution in [2.75, 3.05) is 0 Å². The highest BCUT2D eigenvalue weighted by Gasteiger charge is 2.34. The maximum Gasteiger partial charge on any atom is 0.308 e. The van der Waals surface area contributed by atoms with Crippen molar-refractivity contribution in [2.45, 2.75) is 25.3 Å². The maximum atomic E-state index is 13.2. The second-order valence-corrected chi connectivity index (χ2v) is 5.53. The Kier molecular flexibility index (Phi) is 4.19. The van der Waals surface area contributed by atoms with E-state index in [9.17, 15) is 14.0 Å². The number of hydrogen-bond donors (Lipinski definition) is 2. The lowest BCUT2D eigenvalue weighted by atomic mass is 10.0. The lowest BCUT2D eigenvalue weighted by Gasteiger charge is -2.17. The van der Waals surface area contributed by atoms with E-state index in [4.69, 9.17) is 5.11 Å². The molecular weight excluding hydrogens is 317 g/mol. The Balaban J connectivity index is 2.10. The molecule has 0 radical (unpaired) electrons. The standard InChI is InChI=1S/C13H13BrFNO3/c14-8-4-7(5-9(15)6-8)12(17)16-11-3-1-2-10(11)13(18)19/h4-6,10-11H,1-3H2,(H,16,17)(H,18,19). The molecule has 1 aliphatic carbocycles. The highest BCUT2D eigenvalue weighted by Crippen LogP contribution is 2.26. The first-order valence-electron chi connectivity index (χ1n) is 5.97. The fraction of sp³-hybridized carbons (Fsp3) is 0.385. The van der Waals surface area contributed by atoms with Crippen LogP contribution >= 0.6 is 15.9 Å². The number of benzene rings is 1. The first-order valence-corrected chi connectivity index (χ1v) is 6.76. The second kappa shape index (κ2) is 5.69. The van der Waals surface area contributed by atoms with Crippen molar-refractivity contribution >= 4 is 27.8 Å². The van der Waals surface area contributed by atoms with Crippen LogP contribution < -0.4 is 5.32 Å². The largest absolute Gasteiger partial charge is 0.481 e. The summed E-state index contributed by atoms with van der Waals surface area (Å²) in [5.74, 6) is -2.41. The molecule has 2 unspecified atom stereocenters. The molecule has 0 heterocycles. The summed E-state index contributed by atoms with van der Waals surface area (Å²) in [5, 5.41) is 11.7. The number of amides is 1. The maximum absolute atomic E-state index is 13.2. The summed E-state index contributed by atoms with van der Waals surface area (Å²) < 4.78 is 13.7. The number of halogens is 2. The molecule has 1 aliphatic rings. The molecule has 1 aromatic rings. The molecule has 0 saturated heterocycles. The van der Waals surface area contributed by atoms with Crippen molar-refractivity contribution in [3.05, 3.63) is 34.1 Å². The van der Waals surface area contributed by atoms with Crippen molar-refractivity contribution < 1.29 is 19.1 Å². The van der Waals surface area contributed by atoms with E-state index in [0.717, 1.165) is 12.5 Å². The molecule has 0 aromatic heterocycles. The lowest BCUT2D eigenvalue weighted by molar-refractivity contribution is -0.142. The fourth-order valence-electron chi connectivity index (χ4n) is 2.37. The van der Waals surface area contributed by atoms with Gasteiger partial charge >= 0.3 is 5.97 Å². The summed E-state index contributed by atoms with van der Waals surface area (Å²) in [5.41, 5.74) is 0.183. The van der Waals surface area contributed by atoms with Gasteiger partial charge in [-0.25, -0.2) is 4.39 Å². The van der Waals surface area contributed by atoms with Crippen LogP contribution in [0.5, 0.6) is 0 Å². The predicted octanol–water partition coefficient (Wildman–Crippen LogP) is 2.57. The molecule has 1 amide bonds. The average Bonchev–Trinajstić information content (AvgIpc) is 2.75. The minimum atomic E-state index is -0.900. The van der Waals surface area contributed by atoms with Crippen LogP contribution in [0.25, 0.3) is 0 Å². The number of hydrogen-bond acceptors (Lipinski definition) is 2. The van der Waals surface area contributed by atoms with Gasteiger partial charge in [0.15, 0.2) is 0 Å². The van der Waals surface area contributed by atoms with Gasteiger partial charge in [0.25, 0.3) is 5.91 Å². The quantitative estimate of drug-likeness (QED) is 0.895. The normalized spacial score (nSPS) is 22.2. The summed E-state index contributed by atoms with van der Waals surface area (Å²) in [4.78, 5) is 23.0. The summed E-state index contributed by atoms with van der Waals surface area (Å²) in [6, 6.07) is 3.51. The summed E-state index contributed by atoms with van der Waals surface area (Å²) in [7, 11) is 0. The Labute approximate surface area is 118 Å². The van der Waals surface area contributed by atoms with Crippen molar-refractivity contribution in [1.29, 1.82) is 0 Å². The number of rotatable bonds is 3. The van der Waals surface area contributed by atoms with Crippen LogP contribution in [-0.2, 0) is 4.79 Å². The third kappa shape index (κ3) is 3.32. The van der Waals surface area contributed by atoms with Gasteiger partial charge in [-0.2, -0.15) is 0 Å². The molecule has 2 atom stereocenters. The van der Waals surface area contributed by atoms with Crippen LogP contribution in [0.3, 0.4) is 0 Å². The van der Waals surface area contributed by atoms with Gasteiger partial charge in [0.05, 0.1) is 5.92 Å². The van der Waals surface area contributed by atoms with E-state index in [1.807, 2.05) is 0 Å². The zero-order chi connectivity index (χ0) is 14.0. The molecular formula is C13H13BrFNO3. The number of aliphatic carboxylic acids is 1. The fourth-order valence-corrected chi connectivity index (χ4v) is 2.83.